The van der Waals surface area contributed by atoms with Gasteiger partial charge in [-0.2, -0.15) is 0 Å². The van der Waals surface area contributed by atoms with Gasteiger partial charge in [0.2, 0.25) is 0 Å². The highest BCUT2D eigenvalue weighted by Gasteiger charge is 2.28. The third kappa shape index (κ3) is 3.43. The van der Waals surface area contributed by atoms with E-state index in [9.17, 15) is 18.9 Å². The van der Waals surface area contributed by atoms with Gasteiger partial charge < -0.3 is 9.64 Å². The molecule has 1 unspecified atom stereocenters. The highest BCUT2D eigenvalue weighted by Crippen LogP contribution is 2.27. The zero-order chi connectivity index (χ0) is 14.7. The summed E-state index contributed by atoms with van der Waals surface area (Å²) >= 11 is 3.25. The number of alkyl halides is 3. The molecule has 1 aromatic rings. The number of nitrogens with zero attached hydrogens (tertiary/aromatic N) is 2. The fourth-order valence-corrected chi connectivity index (χ4v) is 2.41. The minimum atomic E-state index is -2.56. The second-order valence-corrected chi connectivity index (χ2v) is 5.00. The van der Waals surface area contributed by atoms with Crippen LogP contribution >= 0.6 is 15.9 Å². The van der Waals surface area contributed by atoms with E-state index in [1.807, 2.05) is 0 Å². The number of rotatable bonds is 4. The Bertz CT molecular complexity index is 502. The highest BCUT2D eigenvalue weighted by molar-refractivity contribution is 9.08. The van der Waals surface area contributed by atoms with Crippen LogP contribution in [0.25, 0.3) is 0 Å². The lowest BCUT2D eigenvalue weighted by Crippen LogP contribution is -2.45. The van der Waals surface area contributed by atoms with Gasteiger partial charge in [0.1, 0.15) is 6.10 Å². The smallest absolute Gasteiger partial charge is 0.271 e. The molecule has 1 atom stereocenters. The lowest BCUT2D eigenvalue weighted by Gasteiger charge is -2.34. The fourth-order valence-electron chi connectivity index (χ4n) is 2.08. The van der Waals surface area contributed by atoms with Crippen LogP contribution in [-0.2, 0) is 10.1 Å². The predicted octanol–water partition coefficient (Wildman–Crippen LogP) is 2.96. The molecule has 0 aromatic heterocycles. The molecule has 1 fully saturated rings. The SMILES string of the molecule is O=[N+]([O-])c1cc(CBr)cc(N2CCOC(C(F)F)C2)c1. The average Bonchev–Trinajstić information content (AvgIpc) is 2.46. The molecular formula is C12H13BrF2N2O3. The second kappa shape index (κ2) is 6.45. The summed E-state index contributed by atoms with van der Waals surface area (Å²) in [5.41, 5.74) is 1.26. The van der Waals surface area contributed by atoms with E-state index in [2.05, 4.69) is 15.9 Å². The van der Waals surface area contributed by atoms with Crippen molar-refractivity contribution >= 4 is 27.3 Å². The molecule has 0 saturated carbocycles. The number of hydrogen-bond acceptors (Lipinski definition) is 4. The molecule has 2 rings (SSSR count). The molecule has 1 heterocycles. The van der Waals surface area contributed by atoms with E-state index >= 15 is 0 Å². The Morgan fingerprint density at radius 1 is 1.50 bits per heavy atom. The minimum Gasteiger partial charge on any atom is -0.369 e. The first-order valence-electron chi connectivity index (χ1n) is 6.00. The molecular weight excluding hydrogens is 338 g/mol. The number of halogens is 3. The second-order valence-electron chi connectivity index (χ2n) is 4.44. The van der Waals surface area contributed by atoms with E-state index in [4.69, 9.17) is 4.74 Å². The van der Waals surface area contributed by atoms with Gasteiger partial charge in [-0.15, -0.1) is 0 Å². The van der Waals surface area contributed by atoms with Crippen molar-refractivity contribution in [1.29, 1.82) is 0 Å². The summed E-state index contributed by atoms with van der Waals surface area (Å²) in [5.74, 6) is 0. The largest absolute Gasteiger partial charge is 0.369 e. The van der Waals surface area contributed by atoms with Gasteiger partial charge in [0, 0.05) is 36.2 Å². The topological polar surface area (TPSA) is 55.6 Å². The molecule has 0 N–H and O–H groups in total. The van der Waals surface area contributed by atoms with Gasteiger partial charge in [0.05, 0.1) is 11.5 Å². The summed E-state index contributed by atoms with van der Waals surface area (Å²) in [6.07, 6.45) is -3.72. The highest BCUT2D eigenvalue weighted by atomic mass is 79.9. The van der Waals surface area contributed by atoms with Crippen LogP contribution in [0.15, 0.2) is 18.2 Å². The van der Waals surface area contributed by atoms with Gasteiger partial charge in [-0.25, -0.2) is 8.78 Å². The van der Waals surface area contributed by atoms with Crippen LogP contribution in [0.1, 0.15) is 5.56 Å². The molecule has 5 nitrogen and oxygen atoms in total. The van der Waals surface area contributed by atoms with E-state index < -0.39 is 17.5 Å². The van der Waals surface area contributed by atoms with Gasteiger partial charge in [-0.3, -0.25) is 10.1 Å². The van der Waals surface area contributed by atoms with Crippen LogP contribution in [0, 0.1) is 10.1 Å². The lowest BCUT2D eigenvalue weighted by molar-refractivity contribution is -0.384. The summed E-state index contributed by atoms with van der Waals surface area (Å²) in [6, 6.07) is 4.62. The third-order valence-corrected chi connectivity index (χ3v) is 3.71. The molecule has 110 valence electrons. The first kappa shape index (κ1) is 15.1. The number of nitro groups is 1. The Morgan fingerprint density at radius 3 is 2.85 bits per heavy atom. The van der Waals surface area contributed by atoms with Crippen molar-refractivity contribution in [1.82, 2.24) is 0 Å². The molecule has 0 spiro atoms. The van der Waals surface area contributed by atoms with Crippen LogP contribution in [-0.4, -0.2) is 37.1 Å². The van der Waals surface area contributed by atoms with Crippen molar-refractivity contribution < 1.29 is 18.4 Å². The summed E-state index contributed by atoms with van der Waals surface area (Å²) in [5, 5.41) is 11.4. The molecule has 0 aliphatic carbocycles. The molecule has 8 heteroatoms. The number of benzene rings is 1. The normalized spacial score (nSPS) is 19.4. The van der Waals surface area contributed by atoms with Crippen molar-refractivity contribution in [3.63, 3.8) is 0 Å². The summed E-state index contributed by atoms with van der Waals surface area (Å²) < 4.78 is 30.4. The Kier molecular flexibility index (Phi) is 4.87. The van der Waals surface area contributed by atoms with E-state index in [1.54, 1.807) is 11.0 Å². The maximum atomic E-state index is 12.7. The molecule has 0 amide bonds. The predicted molar refractivity (Wildman–Crippen MR) is 73.7 cm³/mol. The zero-order valence-electron chi connectivity index (χ0n) is 10.5. The van der Waals surface area contributed by atoms with Crippen LogP contribution in [0.5, 0.6) is 0 Å². The van der Waals surface area contributed by atoms with E-state index in [0.717, 1.165) is 5.56 Å². The van der Waals surface area contributed by atoms with Gasteiger partial charge in [0.25, 0.3) is 12.1 Å². The van der Waals surface area contributed by atoms with Gasteiger partial charge >= 0.3 is 0 Å². The maximum Gasteiger partial charge on any atom is 0.271 e. The number of anilines is 1. The molecule has 0 radical (unpaired) electrons. The quantitative estimate of drug-likeness (QED) is 0.476. The number of nitro benzene ring substituents is 1. The van der Waals surface area contributed by atoms with E-state index in [0.29, 0.717) is 17.6 Å². The van der Waals surface area contributed by atoms with Crippen molar-refractivity contribution in [2.75, 3.05) is 24.6 Å². The molecule has 0 bridgehead atoms. The summed E-state index contributed by atoms with van der Waals surface area (Å²) in [4.78, 5) is 12.1. The Morgan fingerprint density at radius 2 is 2.25 bits per heavy atom. The van der Waals surface area contributed by atoms with Crippen molar-refractivity contribution in [2.24, 2.45) is 0 Å². The number of morpholine rings is 1. The zero-order valence-corrected chi connectivity index (χ0v) is 12.1. The maximum absolute atomic E-state index is 12.7. The summed E-state index contributed by atoms with van der Waals surface area (Å²) in [6.45, 7) is 0.647. The number of non-ortho nitro benzene ring substituents is 1. The fraction of sp³-hybridized carbons (Fsp3) is 0.500. The van der Waals surface area contributed by atoms with Crippen LogP contribution < -0.4 is 4.90 Å². The molecule has 1 aromatic carbocycles. The van der Waals surface area contributed by atoms with Crippen LogP contribution in [0.3, 0.4) is 0 Å². The third-order valence-electron chi connectivity index (χ3n) is 3.07. The van der Waals surface area contributed by atoms with Gasteiger partial charge in [0.15, 0.2) is 0 Å². The first-order valence-corrected chi connectivity index (χ1v) is 7.12. The van der Waals surface area contributed by atoms with Crippen LogP contribution in [0.2, 0.25) is 0 Å². The molecule has 1 saturated heterocycles. The first-order chi connectivity index (χ1) is 9.51. The van der Waals surface area contributed by atoms with Gasteiger partial charge in [-0.1, -0.05) is 15.9 Å². The van der Waals surface area contributed by atoms with E-state index in [-0.39, 0.29) is 18.8 Å². The Labute approximate surface area is 122 Å². The van der Waals surface area contributed by atoms with Crippen molar-refractivity contribution in [3.05, 3.63) is 33.9 Å². The van der Waals surface area contributed by atoms with E-state index in [1.165, 1.54) is 12.1 Å². The number of hydrogen-bond donors (Lipinski definition) is 0. The summed E-state index contributed by atoms with van der Waals surface area (Å²) in [7, 11) is 0. The lowest BCUT2D eigenvalue weighted by atomic mass is 10.1. The monoisotopic (exact) mass is 350 g/mol. The number of ether oxygens (including phenoxy) is 1. The minimum absolute atomic E-state index is 0.0283. The Hall–Kier alpha value is -1.28. The van der Waals surface area contributed by atoms with Gasteiger partial charge in [-0.05, 0) is 11.6 Å². The van der Waals surface area contributed by atoms with Crippen molar-refractivity contribution in [2.45, 2.75) is 17.9 Å². The Balaban J connectivity index is 2.26. The van der Waals surface area contributed by atoms with Crippen molar-refractivity contribution in [3.8, 4) is 0 Å². The van der Waals surface area contributed by atoms with Crippen LogP contribution in [0.4, 0.5) is 20.2 Å². The molecule has 20 heavy (non-hydrogen) atoms. The standard InChI is InChI=1S/C12H13BrF2N2O3/c13-6-8-3-9(5-10(4-8)17(18)19)16-1-2-20-11(7-16)12(14)15/h3-5,11-12H,1-2,6-7H2. The molecule has 1 aliphatic rings. The molecule has 1 aliphatic heterocycles. The average molecular weight is 351 g/mol.